The number of hydrogen-bond acceptors (Lipinski definition) is 5. The summed E-state index contributed by atoms with van der Waals surface area (Å²) in [6.07, 6.45) is -0.305. The molecule has 1 aliphatic rings. The van der Waals surface area contributed by atoms with Gasteiger partial charge in [0.05, 0.1) is 12.6 Å². The molecular weight excluding hydrogens is 152 g/mol. The maximum absolute atomic E-state index is 9.14. The maximum atomic E-state index is 9.14. The van der Waals surface area contributed by atoms with Crippen LogP contribution in [0.3, 0.4) is 0 Å². The third-order valence-electron chi connectivity index (χ3n) is 1.29. The van der Waals surface area contributed by atoms with Crippen molar-refractivity contribution in [3.8, 4) is 0 Å². The molecule has 0 fully saturated rings. The van der Waals surface area contributed by atoms with Gasteiger partial charge in [-0.05, 0) is 10.4 Å². The van der Waals surface area contributed by atoms with Crippen LogP contribution < -0.4 is 0 Å². The Bertz CT molecular complexity index is 237. The normalized spacial score (nSPS) is 24.3. The number of aliphatic hydroxyl groups is 1. The molecule has 0 bridgehead atoms. The molecule has 0 amide bonds. The summed E-state index contributed by atoms with van der Waals surface area (Å²) in [5.41, 5.74) is 0. The van der Waals surface area contributed by atoms with E-state index in [4.69, 9.17) is 5.11 Å². The second kappa shape index (κ2) is 2.21. The van der Waals surface area contributed by atoms with E-state index in [9.17, 15) is 0 Å². The second-order valence-electron chi connectivity index (χ2n) is 2.11. The van der Waals surface area contributed by atoms with Crippen LogP contribution in [-0.4, -0.2) is 37.2 Å². The Balaban J connectivity index is 2.30. The second-order valence-corrected chi connectivity index (χ2v) is 3.10. The highest BCUT2D eigenvalue weighted by Gasteiger charge is 2.18. The van der Waals surface area contributed by atoms with E-state index in [1.54, 1.807) is 4.68 Å². The Morgan fingerprint density at radius 3 is 3.50 bits per heavy atom. The van der Waals surface area contributed by atoms with Crippen LogP contribution in [0.25, 0.3) is 0 Å². The lowest BCUT2D eigenvalue weighted by Gasteiger charge is -2.14. The van der Waals surface area contributed by atoms with E-state index >= 15 is 0 Å². The number of rotatable bonds is 0. The summed E-state index contributed by atoms with van der Waals surface area (Å²) in [7, 11) is 0. The molecule has 0 radical (unpaired) electrons. The third kappa shape index (κ3) is 0.889. The van der Waals surface area contributed by atoms with Crippen LogP contribution in [0.5, 0.6) is 0 Å². The van der Waals surface area contributed by atoms with Crippen LogP contribution in [0.15, 0.2) is 5.16 Å². The molecule has 0 unspecified atom stereocenters. The summed E-state index contributed by atoms with van der Waals surface area (Å²) in [6, 6.07) is 0. The summed E-state index contributed by atoms with van der Waals surface area (Å²) < 4.78 is 1.61. The molecule has 1 N–H and O–H groups in total. The van der Waals surface area contributed by atoms with Crippen molar-refractivity contribution in [3.63, 3.8) is 0 Å². The lowest BCUT2D eigenvalue weighted by atomic mass is 10.4. The van der Waals surface area contributed by atoms with Crippen molar-refractivity contribution in [1.29, 1.82) is 0 Å². The van der Waals surface area contributed by atoms with Crippen LogP contribution in [0.4, 0.5) is 0 Å². The lowest BCUT2D eigenvalue weighted by molar-refractivity contribution is 0.163. The van der Waals surface area contributed by atoms with Gasteiger partial charge in [-0.25, -0.2) is 4.68 Å². The molecule has 0 saturated heterocycles. The van der Waals surface area contributed by atoms with Gasteiger partial charge in [-0.1, -0.05) is 11.8 Å². The van der Waals surface area contributed by atoms with Crippen molar-refractivity contribution >= 4 is 11.8 Å². The Morgan fingerprint density at radius 2 is 2.60 bits per heavy atom. The molecule has 0 aliphatic carbocycles. The summed E-state index contributed by atoms with van der Waals surface area (Å²) in [4.78, 5) is 0. The fourth-order valence-corrected chi connectivity index (χ4v) is 1.64. The minimum absolute atomic E-state index is 0.305. The number of aliphatic hydroxyl groups excluding tert-OH is 1. The summed E-state index contributed by atoms with van der Waals surface area (Å²) in [6.45, 7) is 0.523. The van der Waals surface area contributed by atoms with Crippen LogP contribution in [0.1, 0.15) is 0 Å². The molecule has 0 spiro atoms. The van der Waals surface area contributed by atoms with Crippen LogP contribution in [0.2, 0.25) is 0 Å². The van der Waals surface area contributed by atoms with E-state index < -0.39 is 0 Å². The SMILES string of the molecule is O[C@@H]1CSc2nnnn2C1. The Morgan fingerprint density at radius 1 is 1.70 bits per heavy atom. The van der Waals surface area contributed by atoms with Crippen molar-refractivity contribution in [1.82, 2.24) is 20.2 Å². The molecule has 0 saturated carbocycles. The minimum Gasteiger partial charge on any atom is -0.390 e. The van der Waals surface area contributed by atoms with Gasteiger partial charge in [0.15, 0.2) is 0 Å². The van der Waals surface area contributed by atoms with E-state index in [0.717, 1.165) is 5.16 Å². The van der Waals surface area contributed by atoms with Crippen molar-refractivity contribution in [2.45, 2.75) is 17.8 Å². The predicted molar refractivity (Wildman–Crippen MR) is 34.5 cm³/mol. The first-order valence-corrected chi connectivity index (χ1v) is 3.92. The standard InChI is InChI=1S/C4H6N4OS/c9-3-1-8-4(10-2-3)5-6-7-8/h3,9H,1-2H2/t3-/m0/s1. The number of nitrogens with zero attached hydrogens (tertiary/aromatic N) is 4. The number of fused-ring (bicyclic) bond motifs is 1. The van der Waals surface area contributed by atoms with Gasteiger partial charge in [0.1, 0.15) is 0 Å². The molecule has 0 aromatic carbocycles. The van der Waals surface area contributed by atoms with Crippen molar-refractivity contribution in [3.05, 3.63) is 0 Å². The zero-order valence-electron chi connectivity index (χ0n) is 5.14. The minimum atomic E-state index is -0.305. The van der Waals surface area contributed by atoms with E-state index in [1.807, 2.05) is 0 Å². The Hall–Kier alpha value is -0.620. The smallest absolute Gasteiger partial charge is 0.209 e. The van der Waals surface area contributed by atoms with Gasteiger partial charge in [0, 0.05) is 5.75 Å². The van der Waals surface area contributed by atoms with Gasteiger partial charge < -0.3 is 5.11 Å². The van der Waals surface area contributed by atoms with E-state index in [2.05, 4.69) is 15.5 Å². The topological polar surface area (TPSA) is 63.8 Å². The molecule has 1 atom stereocenters. The first kappa shape index (κ1) is 6.11. The van der Waals surface area contributed by atoms with Crippen molar-refractivity contribution in [2.75, 3.05) is 5.75 Å². The van der Waals surface area contributed by atoms with Crippen LogP contribution in [-0.2, 0) is 6.54 Å². The molecule has 2 rings (SSSR count). The molecule has 1 aromatic heterocycles. The molecule has 10 heavy (non-hydrogen) atoms. The highest BCUT2D eigenvalue weighted by atomic mass is 32.2. The van der Waals surface area contributed by atoms with Crippen molar-refractivity contribution in [2.24, 2.45) is 0 Å². The van der Waals surface area contributed by atoms with Crippen LogP contribution >= 0.6 is 11.8 Å². The fraction of sp³-hybridized carbons (Fsp3) is 0.750. The predicted octanol–water partition coefficient (Wildman–Crippen LogP) is -0.860. The third-order valence-corrected chi connectivity index (χ3v) is 2.39. The first-order valence-electron chi connectivity index (χ1n) is 2.93. The zero-order valence-corrected chi connectivity index (χ0v) is 5.95. The average Bonchev–Trinajstić information content (AvgIpc) is 2.33. The molecule has 54 valence electrons. The molecule has 5 nitrogen and oxygen atoms in total. The highest BCUT2D eigenvalue weighted by Crippen LogP contribution is 2.20. The Kier molecular flexibility index (Phi) is 1.35. The molecule has 2 heterocycles. The first-order chi connectivity index (χ1) is 4.86. The summed E-state index contributed by atoms with van der Waals surface area (Å²) >= 11 is 1.48. The van der Waals surface area contributed by atoms with Gasteiger partial charge in [0.25, 0.3) is 0 Å². The van der Waals surface area contributed by atoms with Gasteiger partial charge in [0.2, 0.25) is 5.16 Å². The lowest BCUT2D eigenvalue weighted by Crippen LogP contribution is -2.24. The van der Waals surface area contributed by atoms with Gasteiger partial charge in [-0.2, -0.15) is 0 Å². The zero-order chi connectivity index (χ0) is 6.97. The Labute approximate surface area is 61.4 Å². The molecular formula is C4H6N4OS. The molecule has 1 aliphatic heterocycles. The quantitative estimate of drug-likeness (QED) is 0.532. The van der Waals surface area contributed by atoms with E-state index in [-0.39, 0.29) is 6.10 Å². The van der Waals surface area contributed by atoms with Crippen LogP contribution in [0, 0.1) is 0 Å². The monoisotopic (exact) mass is 158 g/mol. The highest BCUT2D eigenvalue weighted by molar-refractivity contribution is 7.99. The summed E-state index contributed by atoms with van der Waals surface area (Å²) in [5, 5.41) is 20.8. The largest absolute Gasteiger partial charge is 0.390 e. The number of hydrogen-bond donors (Lipinski definition) is 1. The summed E-state index contributed by atoms with van der Waals surface area (Å²) in [5.74, 6) is 0.695. The number of aromatic nitrogens is 4. The molecule has 1 aromatic rings. The maximum Gasteiger partial charge on any atom is 0.209 e. The van der Waals surface area contributed by atoms with Gasteiger partial charge in [-0.15, -0.1) is 5.10 Å². The molecule has 6 heteroatoms. The van der Waals surface area contributed by atoms with E-state index in [0.29, 0.717) is 12.3 Å². The number of thioether (sulfide) groups is 1. The number of tetrazole rings is 1. The fourth-order valence-electron chi connectivity index (χ4n) is 0.837. The van der Waals surface area contributed by atoms with Gasteiger partial charge >= 0.3 is 0 Å². The van der Waals surface area contributed by atoms with Gasteiger partial charge in [-0.3, -0.25) is 0 Å². The van der Waals surface area contributed by atoms with Crippen molar-refractivity contribution < 1.29 is 5.11 Å². The van der Waals surface area contributed by atoms with E-state index in [1.165, 1.54) is 11.8 Å². The average molecular weight is 158 g/mol.